The van der Waals surface area contributed by atoms with Gasteiger partial charge in [-0.25, -0.2) is 14.3 Å². The molecule has 2 heterocycles. The van der Waals surface area contributed by atoms with E-state index in [2.05, 4.69) is 15.4 Å². The second kappa shape index (κ2) is 6.05. The summed E-state index contributed by atoms with van der Waals surface area (Å²) in [6, 6.07) is 9.33. The standard InChI is InChI=1S/C15H19N5O2/c1-19-14(21)17-13(18-19)11-7-9-20(10-8-11)15(22)16-12-5-3-2-4-6-12/h2-6,11H,7-10H2,1H3,(H,16,22)(H,17,18,21). The third kappa shape index (κ3) is 3.03. The highest BCUT2D eigenvalue weighted by atomic mass is 16.2. The number of anilines is 1. The Hall–Kier alpha value is -2.57. The molecule has 1 aromatic heterocycles. The zero-order valence-corrected chi connectivity index (χ0v) is 12.5. The van der Waals surface area contributed by atoms with Crippen LogP contribution in [0, 0.1) is 0 Å². The van der Waals surface area contributed by atoms with Gasteiger partial charge in [-0.3, -0.25) is 4.98 Å². The number of hydrogen-bond acceptors (Lipinski definition) is 3. The van der Waals surface area contributed by atoms with E-state index in [1.807, 2.05) is 30.3 Å². The van der Waals surface area contributed by atoms with E-state index < -0.39 is 0 Å². The fourth-order valence-electron chi connectivity index (χ4n) is 2.69. The number of para-hydroxylation sites is 1. The van der Waals surface area contributed by atoms with Gasteiger partial charge in [0.25, 0.3) is 0 Å². The first kappa shape index (κ1) is 14.4. The summed E-state index contributed by atoms with van der Waals surface area (Å²) >= 11 is 0. The Morgan fingerprint density at radius 3 is 2.55 bits per heavy atom. The lowest BCUT2D eigenvalue weighted by atomic mass is 9.96. The van der Waals surface area contributed by atoms with Gasteiger partial charge in [0.15, 0.2) is 0 Å². The van der Waals surface area contributed by atoms with Crippen molar-refractivity contribution in [1.82, 2.24) is 19.7 Å². The van der Waals surface area contributed by atoms with E-state index in [4.69, 9.17) is 0 Å². The van der Waals surface area contributed by atoms with Gasteiger partial charge in [-0.05, 0) is 25.0 Å². The summed E-state index contributed by atoms with van der Waals surface area (Å²) in [7, 11) is 1.63. The number of H-pyrrole nitrogens is 1. The Kier molecular flexibility index (Phi) is 3.95. The number of nitrogens with one attached hydrogen (secondary N) is 2. The summed E-state index contributed by atoms with van der Waals surface area (Å²) in [5.74, 6) is 0.922. The molecule has 7 nitrogen and oxygen atoms in total. The van der Waals surface area contributed by atoms with Gasteiger partial charge in [-0.1, -0.05) is 18.2 Å². The molecule has 2 N–H and O–H groups in total. The molecule has 1 fully saturated rings. The van der Waals surface area contributed by atoms with Crippen LogP contribution in [0.3, 0.4) is 0 Å². The highest BCUT2D eigenvalue weighted by Gasteiger charge is 2.26. The lowest BCUT2D eigenvalue weighted by Crippen LogP contribution is -2.40. The predicted octanol–water partition coefficient (Wildman–Crippen LogP) is 1.52. The Bertz CT molecular complexity index is 698. The third-order valence-corrected chi connectivity index (χ3v) is 3.98. The van der Waals surface area contributed by atoms with E-state index in [0.717, 1.165) is 24.4 Å². The molecule has 0 radical (unpaired) electrons. The van der Waals surface area contributed by atoms with Gasteiger partial charge in [-0.15, -0.1) is 0 Å². The van der Waals surface area contributed by atoms with Gasteiger partial charge in [-0.2, -0.15) is 5.10 Å². The molecule has 0 unspecified atom stereocenters. The SMILES string of the molecule is Cn1nc(C2CCN(C(=O)Nc3ccccc3)CC2)[nH]c1=O. The molecule has 1 aliphatic rings. The Balaban J connectivity index is 1.57. The lowest BCUT2D eigenvalue weighted by molar-refractivity contribution is 0.193. The highest BCUT2D eigenvalue weighted by Crippen LogP contribution is 2.25. The van der Waals surface area contributed by atoms with Gasteiger partial charge in [0.2, 0.25) is 0 Å². The molecule has 116 valence electrons. The molecule has 0 aliphatic carbocycles. The molecule has 1 saturated heterocycles. The van der Waals surface area contributed by atoms with Crippen molar-refractivity contribution in [2.75, 3.05) is 18.4 Å². The zero-order chi connectivity index (χ0) is 15.5. The Labute approximate surface area is 127 Å². The van der Waals surface area contributed by atoms with Crippen molar-refractivity contribution in [2.24, 2.45) is 7.05 Å². The quantitative estimate of drug-likeness (QED) is 0.882. The third-order valence-electron chi connectivity index (χ3n) is 3.98. The average molecular weight is 301 g/mol. The molecule has 1 aromatic carbocycles. The molecule has 0 atom stereocenters. The molecular formula is C15H19N5O2. The van der Waals surface area contributed by atoms with Gasteiger partial charge in [0, 0.05) is 31.7 Å². The normalized spacial score (nSPS) is 15.8. The number of aromatic nitrogens is 3. The van der Waals surface area contributed by atoms with Crippen molar-refractivity contribution in [3.63, 3.8) is 0 Å². The van der Waals surface area contributed by atoms with Crippen LogP contribution in [0.4, 0.5) is 10.5 Å². The number of nitrogens with zero attached hydrogens (tertiary/aromatic N) is 3. The summed E-state index contributed by atoms with van der Waals surface area (Å²) in [4.78, 5) is 28.2. The summed E-state index contributed by atoms with van der Waals surface area (Å²) in [6.45, 7) is 1.31. The fraction of sp³-hybridized carbons (Fsp3) is 0.400. The molecule has 0 spiro atoms. The molecule has 2 amide bonds. The number of amides is 2. The minimum atomic E-state index is -0.195. The fourth-order valence-corrected chi connectivity index (χ4v) is 2.69. The second-order valence-corrected chi connectivity index (χ2v) is 5.50. The van der Waals surface area contributed by atoms with Gasteiger partial charge in [0.05, 0.1) is 0 Å². The van der Waals surface area contributed by atoms with Gasteiger partial charge >= 0.3 is 11.7 Å². The van der Waals surface area contributed by atoms with E-state index in [0.29, 0.717) is 13.1 Å². The predicted molar refractivity (Wildman–Crippen MR) is 82.8 cm³/mol. The van der Waals surface area contributed by atoms with Crippen LogP contribution in [0.25, 0.3) is 0 Å². The number of carbonyl (C=O) groups is 1. The number of aromatic amines is 1. The zero-order valence-electron chi connectivity index (χ0n) is 12.5. The van der Waals surface area contributed by atoms with Gasteiger partial charge in [0.1, 0.15) is 5.82 Å². The minimum Gasteiger partial charge on any atom is -0.324 e. The van der Waals surface area contributed by atoms with Crippen LogP contribution in [0.15, 0.2) is 35.1 Å². The van der Waals surface area contributed by atoms with Crippen molar-refractivity contribution in [2.45, 2.75) is 18.8 Å². The number of rotatable bonds is 2. The molecule has 0 bridgehead atoms. The monoisotopic (exact) mass is 301 g/mol. The van der Waals surface area contributed by atoms with E-state index in [-0.39, 0.29) is 17.6 Å². The van der Waals surface area contributed by atoms with Crippen LogP contribution in [0.5, 0.6) is 0 Å². The van der Waals surface area contributed by atoms with Crippen molar-refractivity contribution in [3.8, 4) is 0 Å². The van der Waals surface area contributed by atoms with Crippen molar-refractivity contribution in [1.29, 1.82) is 0 Å². The lowest BCUT2D eigenvalue weighted by Gasteiger charge is -2.31. The topological polar surface area (TPSA) is 83.0 Å². The minimum absolute atomic E-state index is 0.0841. The summed E-state index contributed by atoms with van der Waals surface area (Å²) in [5.41, 5.74) is 0.600. The molecule has 2 aromatic rings. The second-order valence-electron chi connectivity index (χ2n) is 5.50. The van der Waals surface area contributed by atoms with Crippen molar-refractivity contribution < 1.29 is 4.79 Å². The van der Waals surface area contributed by atoms with E-state index in [1.54, 1.807) is 11.9 Å². The molecule has 0 saturated carbocycles. The van der Waals surface area contributed by atoms with Crippen LogP contribution >= 0.6 is 0 Å². The summed E-state index contributed by atoms with van der Waals surface area (Å²) in [6.07, 6.45) is 1.60. The number of carbonyl (C=O) groups excluding carboxylic acids is 1. The van der Waals surface area contributed by atoms with Crippen LogP contribution in [-0.4, -0.2) is 38.8 Å². The summed E-state index contributed by atoms with van der Waals surface area (Å²) in [5, 5.41) is 7.09. The average Bonchev–Trinajstić information content (AvgIpc) is 2.88. The maximum absolute atomic E-state index is 12.2. The molecule has 3 rings (SSSR count). The summed E-state index contributed by atoms with van der Waals surface area (Å²) < 4.78 is 1.31. The van der Waals surface area contributed by atoms with Crippen LogP contribution in [0.2, 0.25) is 0 Å². The first-order valence-corrected chi connectivity index (χ1v) is 7.37. The Morgan fingerprint density at radius 2 is 1.95 bits per heavy atom. The van der Waals surface area contributed by atoms with Gasteiger partial charge < -0.3 is 10.2 Å². The number of piperidine rings is 1. The number of likely N-dealkylation sites (tertiary alicyclic amines) is 1. The van der Waals surface area contributed by atoms with Crippen LogP contribution in [-0.2, 0) is 7.05 Å². The van der Waals surface area contributed by atoms with Crippen molar-refractivity contribution >= 4 is 11.7 Å². The molecule has 1 aliphatic heterocycles. The number of hydrogen-bond donors (Lipinski definition) is 2. The van der Waals surface area contributed by atoms with Crippen LogP contribution in [0.1, 0.15) is 24.6 Å². The van der Waals surface area contributed by atoms with Crippen LogP contribution < -0.4 is 11.0 Å². The first-order valence-electron chi connectivity index (χ1n) is 7.37. The van der Waals surface area contributed by atoms with Crippen molar-refractivity contribution in [3.05, 3.63) is 46.6 Å². The maximum Gasteiger partial charge on any atom is 0.343 e. The van der Waals surface area contributed by atoms with E-state index in [9.17, 15) is 9.59 Å². The smallest absolute Gasteiger partial charge is 0.324 e. The number of aryl methyl sites for hydroxylation is 1. The van der Waals surface area contributed by atoms with E-state index >= 15 is 0 Å². The molecule has 7 heteroatoms. The largest absolute Gasteiger partial charge is 0.343 e. The number of benzene rings is 1. The van der Waals surface area contributed by atoms with E-state index in [1.165, 1.54) is 4.68 Å². The molecular weight excluding hydrogens is 282 g/mol. The Morgan fingerprint density at radius 1 is 1.27 bits per heavy atom. The number of urea groups is 1. The first-order chi connectivity index (χ1) is 10.6. The molecule has 22 heavy (non-hydrogen) atoms. The highest BCUT2D eigenvalue weighted by molar-refractivity contribution is 5.89. The maximum atomic E-state index is 12.2.